The van der Waals surface area contributed by atoms with E-state index in [1.807, 2.05) is 17.0 Å². The van der Waals surface area contributed by atoms with E-state index < -0.39 is 5.60 Å². The molecular weight excluding hydrogens is 306 g/mol. The largest absolute Gasteiger partial charge is 0.508 e. The molecule has 24 heavy (non-hydrogen) atoms. The molecule has 0 saturated carbocycles. The molecule has 0 aromatic heterocycles. The highest BCUT2D eigenvalue weighted by Gasteiger charge is 2.42. The summed E-state index contributed by atoms with van der Waals surface area (Å²) < 4.78 is 5.66. The third-order valence-electron chi connectivity index (χ3n) is 5.17. The van der Waals surface area contributed by atoms with Crippen molar-refractivity contribution in [1.29, 1.82) is 0 Å². The Balaban J connectivity index is 1.55. The fraction of sp³-hybridized carbons (Fsp3) is 0.611. The van der Waals surface area contributed by atoms with Crippen LogP contribution < -0.4 is 5.32 Å². The highest BCUT2D eigenvalue weighted by Crippen LogP contribution is 2.26. The number of benzene rings is 1. The van der Waals surface area contributed by atoms with E-state index in [0.29, 0.717) is 5.75 Å². The predicted octanol–water partition coefficient (Wildman–Crippen LogP) is 0.805. The summed E-state index contributed by atoms with van der Waals surface area (Å²) in [7, 11) is 1.65. The molecule has 0 atom stereocenters. The maximum atomic E-state index is 12.9. The zero-order valence-corrected chi connectivity index (χ0v) is 14.3. The highest BCUT2D eigenvalue weighted by atomic mass is 16.5. The van der Waals surface area contributed by atoms with Gasteiger partial charge >= 0.3 is 0 Å². The molecule has 3 rings (SSSR count). The molecule has 2 heterocycles. The fourth-order valence-corrected chi connectivity index (χ4v) is 3.65. The van der Waals surface area contributed by atoms with Gasteiger partial charge < -0.3 is 20.1 Å². The number of hydrogen-bond acceptors (Lipinski definition) is 5. The van der Waals surface area contributed by atoms with Crippen LogP contribution in [0.1, 0.15) is 18.4 Å². The summed E-state index contributed by atoms with van der Waals surface area (Å²) in [5, 5.41) is 12.9. The summed E-state index contributed by atoms with van der Waals surface area (Å²) >= 11 is 0. The number of nitrogens with one attached hydrogen (secondary N) is 1. The van der Waals surface area contributed by atoms with Crippen LogP contribution >= 0.6 is 0 Å². The summed E-state index contributed by atoms with van der Waals surface area (Å²) in [6, 6.07) is 7.37. The summed E-state index contributed by atoms with van der Waals surface area (Å²) in [4.78, 5) is 17.2. The Labute approximate surface area is 143 Å². The molecule has 2 aliphatic rings. The summed E-state index contributed by atoms with van der Waals surface area (Å²) in [6.07, 6.45) is 1.48. The highest BCUT2D eigenvalue weighted by molar-refractivity contribution is 5.85. The SMILES string of the molecule is COC1(C(=O)N2CCN(Cc3cccc(O)c3)CC2)CCNCC1. The second-order valence-corrected chi connectivity index (χ2v) is 6.69. The van der Waals surface area contributed by atoms with Crippen molar-refractivity contribution in [2.45, 2.75) is 25.0 Å². The van der Waals surface area contributed by atoms with Crippen molar-refractivity contribution in [1.82, 2.24) is 15.1 Å². The summed E-state index contributed by atoms with van der Waals surface area (Å²) in [5.74, 6) is 0.442. The Morgan fingerprint density at radius 2 is 1.96 bits per heavy atom. The summed E-state index contributed by atoms with van der Waals surface area (Å²) in [5.41, 5.74) is 0.458. The van der Waals surface area contributed by atoms with Gasteiger partial charge in [-0.3, -0.25) is 9.69 Å². The lowest BCUT2D eigenvalue weighted by Crippen LogP contribution is -2.59. The van der Waals surface area contributed by atoms with Crippen molar-refractivity contribution in [3.05, 3.63) is 29.8 Å². The number of phenols is 1. The third kappa shape index (κ3) is 3.71. The number of ether oxygens (including phenoxy) is 1. The Morgan fingerprint density at radius 3 is 2.58 bits per heavy atom. The van der Waals surface area contributed by atoms with Crippen LogP contribution in [-0.2, 0) is 16.1 Å². The molecule has 2 aliphatic heterocycles. The first kappa shape index (κ1) is 17.2. The van der Waals surface area contributed by atoms with E-state index >= 15 is 0 Å². The molecule has 6 heteroatoms. The van der Waals surface area contributed by atoms with Gasteiger partial charge in [-0.05, 0) is 43.6 Å². The maximum absolute atomic E-state index is 12.9. The van der Waals surface area contributed by atoms with Crippen LogP contribution in [0.15, 0.2) is 24.3 Å². The number of rotatable bonds is 4. The molecule has 0 bridgehead atoms. The van der Waals surface area contributed by atoms with Crippen LogP contribution in [0.2, 0.25) is 0 Å². The van der Waals surface area contributed by atoms with Gasteiger partial charge in [0.25, 0.3) is 5.91 Å². The average Bonchev–Trinajstić information content (AvgIpc) is 2.62. The smallest absolute Gasteiger partial charge is 0.254 e. The van der Waals surface area contributed by atoms with E-state index in [1.165, 1.54) is 0 Å². The zero-order valence-electron chi connectivity index (χ0n) is 14.3. The van der Waals surface area contributed by atoms with Crippen LogP contribution in [0.3, 0.4) is 0 Å². The Morgan fingerprint density at radius 1 is 1.25 bits per heavy atom. The number of nitrogens with zero attached hydrogens (tertiary/aromatic N) is 2. The molecular formula is C18H27N3O3. The number of hydrogen-bond donors (Lipinski definition) is 2. The van der Waals surface area contributed by atoms with Crippen molar-refractivity contribution < 1.29 is 14.6 Å². The molecule has 0 radical (unpaired) electrons. The van der Waals surface area contributed by atoms with Crippen LogP contribution in [0.25, 0.3) is 0 Å². The van der Waals surface area contributed by atoms with Gasteiger partial charge in [-0.25, -0.2) is 0 Å². The molecule has 2 saturated heterocycles. The van der Waals surface area contributed by atoms with E-state index in [-0.39, 0.29) is 5.91 Å². The molecule has 6 nitrogen and oxygen atoms in total. The van der Waals surface area contributed by atoms with Gasteiger partial charge in [0.05, 0.1) is 0 Å². The Hall–Kier alpha value is -1.63. The van der Waals surface area contributed by atoms with E-state index in [9.17, 15) is 9.90 Å². The van der Waals surface area contributed by atoms with Crippen LogP contribution in [0.5, 0.6) is 5.75 Å². The molecule has 2 N–H and O–H groups in total. The number of aromatic hydroxyl groups is 1. The molecule has 1 aromatic carbocycles. The van der Waals surface area contributed by atoms with Gasteiger partial charge in [-0.15, -0.1) is 0 Å². The minimum absolute atomic E-state index is 0.142. The molecule has 0 aliphatic carbocycles. The van der Waals surface area contributed by atoms with Crippen LogP contribution in [0, 0.1) is 0 Å². The number of carbonyl (C=O) groups is 1. The summed E-state index contributed by atoms with van der Waals surface area (Å²) in [6.45, 7) is 5.62. The number of piperazine rings is 1. The Kier molecular flexibility index (Phi) is 5.38. The van der Waals surface area contributed by atoms with Crippen molar-refractivity contribution in [2.24, 2.45) is 0 Å². The van der Waals surface area contributed by atoms with Gasteiger partial charge in [0, 0.05) is 39.8 Å². The lowest BCUT2D eigenvalue weighted by molar-refractivity contribution is -0.160. The van der Waals surface area contributed by atoms with Crippen LogP contribution in [0.4, 0.5) is 0 Å². The lowest BCUT2D eigenvalue weighted by Gasteiger charge is -2.42. The predicted molar refractivity (Wildman–Crippen MR) is 91.8 cm³/mol. The quantitative estimate of drug-likeness (QED) is 0.853. The normalized spacial score (nSPS) is 21.6. The van der Waals surface area contributed by atoms with Gasteiger partial charge in [0.1, 0.15) is 11.4 Å². The molecule has 132 valence electrons. The average molecular weight is 333 g/mol. The molecule has 1 amide bonds. The van der Waals surface area contributed by atoms with E-state index in [4.69, 9.17) is 4.74 Å². The zero-order chi connectivity index (χ0) is 17.0. The van der Waals surface area contributed by atoms with E-state index in [0.717, 1.165) is 64.2 Å². The first-order chi connectivity index (χ1) is 11.6. The van der Waals surface area contributed by atoms with Crippen molar-refractivity contribution >= 4 is 5.91 Å². The van der Waals surface area contributed by atoms with Crippen molar-refractivity contribution in [3.63, 3.8) is 0 Å². The first-order valence-electron chi connectivity index (χ1n) is 8.68. The monoisotopic (exact) mass is 333 g/mol. The van der Waals surface area contributed by atoms with E-state index in [1.54, 1.807) is 19.2 Å². The molecule has 0 spiro atoms. The minimum atomic E-state index is -0.640. The van der Waals surface area contributed by atoms with Crippen molar-refractivity contribution in [2.75, 3.05) is 46.4 Å². The fourth-order valence-electron chi connectivity index (χ4n) is 3.65. The number of piperidine rings is 1. The third-order valence-corrected chi connectivity index (χ3v) is 5.17. The topological polar surface area (TPSA) is 65.0 Å². The number of amides is 1. The lowest BCUT2D eigenvalue weighted by atomic mass is 9.90. The van der Waals surface area contributed by atoms with Gasteiger partial charge in [0.2, 0.25) is 0 Å². The number of phenolic OH excluding ortho intramolecular Hbond substituents is 1. The molecule has 0 unspecified atom stereocenters. The molecule has 1 aromatic rings. The number of carbonyl (C=O) groups excluding carboxylic acids is 1. The maximum Gasteiger partial charge on any atom is 0.254 e. The van der Waals surface area contributed by atoms with Gasteiger partial charge in [-0.2, -0.15) is 0 Å². The van der Waals surface area contributed by atoms with Crippen molar-refractivity contribution in [3.8, 4) is 5.75 Å². The standard InChI is InChI=1S/C18H27N3O3/c1-24-18(5-7-19-8-6-18)17(23)21-11-9-20(10-12-21)14-15-3-2-4-16(22)13-15/h2-4,13,19,22H,5-12,14H2,1H3. The second-order valence-electron chi connectivity index (χ2n) is 6.69. The Bertz CT molecular complexity index is 564. The number of methoxy groups -OCH3 is 1. The second kappa shape index (κ2) is 7.51. The first-order valence-corrected chi connectivity index (χ1v) is 8.68. The van der Waals surface area contributed by atoms with Gasteiger partial charge in [0.15, 0.2) is 0 Å². The minimum Gasteiger partial charge on any atom is -0.508 e. The van der Waals surface area contributed by atoms with Crippen LogP contribution in [-0.4, -0.2) is 72.8 Å². The van der Waals surface area contributed by atoms with E-state index in [2.05, 4.69) is 10.2 Å². The molecule has 2 fully saturated rings. The van der Waals surface area contributed by atoms with Gasteiger partial charge in [-0.1, -0.05) is 12.1 Å².